The fraction of sp³-hybridized carbons (Fsp3) is 0. The third kappa shape index (κ3) is 18.0. The van der Waals surface area contributed by atoms with Gasteiger partial charge in [0.1, 0.15) is 0 Å². The van der Waals surface area contributed by atoms with Gasteiger partial charge in [-0.3, -0.25) is 0 Å². The Morgan fingerprint density at radius 2 is 1.22 bits per heavy atom. The summed E-state index contributed by atoms with van der Waals surface area (Å²) >= 11 is 0.750. The van der Waals surface area contributed by atoms with E-state index in [1.54, 1.807) is 0 Å². The van der Waals surface area contributed by atoms with Crippen LogP contribution in [0.25, 0.3) is 0 Å². The van der Waals surface area contributed by atoms with E-state index in [4.69, 9.17) is 23.1 Å². The van der Waals surface area contributed by atoms with E-state index in [0.717, 1.165) is 20.4 Å². The van der Waals surface area contributed by atoms with E-state index in [1.807, 2.05) is 0 Å². The zero-order valence-electron chi connectivity index (χ0n) is 5.62. The molecule has 0 aliphatic carbocycles. The van der Waals surface area contributed by atoms with Crippen LogP contribution in [0.2, 0.25) is 0 Å². The van der Waals surface area contributed by atoms with E-state index < -0.39 is 11.9 Å². The molecule has 7 heteroatoms. The quantitative estimate of drug-likeness (QED) is 0.281. The number of rotatable bonds is 0. The number of aliphatic carboxylic acids is 2. The van der Waals surface area contributed by atoms with Crippen LogP contribution in [-0.2, 0) is 33.3 Å². The van der Waals surface area contributed by atoms with Crippen molar-refractivity contribution in [3.8, 4) is 0 Å². The summed E-state index contributed by atoms with van der Waals surface area (Å²) < 4.78 is 8.25. The molecule has 0 aliphatic rings. The number of carbonyl (C=O) groups is 2. The predicted octanol–water partition coefficient (Wildman–Crippen LogP) is -3.85. The molecule has 0 heterocycles. The Labute approximate surface area is 75.8 Å². The fourth-order valence-corrected chi connectivity index (χ4v) is 0. The summed E-state index contributed by atoms with van der Waals surface area (Å²) in [7, 11) is 0. The van der Waals surface area contributed by atoms with E-state index in [-0.39, 0.29) is 20.3 Å². The Balaban J connectivity index is -0.0000000412. The van der Waals surface area contributed by atoms with Gasteiger partial charge in [-0.15, -0.1) is 0 Å². The Bertz CT molecular complexity index is 95.8. The summed E-state index contributed by atoms with van der Waals surface area (Å²) in [6.45, 7) is 0. The SMILES string of the molecule is O=C(O)C(=O)O.[H-].[Li+].[O]=[Ti]. The molecular weight excluding hydrogens is 159 g/mol. The summed E-state index contributed by atoms with van der Waals surface area (Å²) in [5.74, 6) is -3.65. The molecule has 0 aliphatic heterocycles. The molecule has 0 aromatic heterocycles. The monoisotopic (exact) mass is 162 g/mol. The fourth-order valence-electron chi connectivity index (χ4n) is 0. The first-order valence-electron chi connectivity index (χ1n) is 1.31. The van der Waals surface area contributed by atoms with E-state index in [0.29, 0.717) is 0 Å². The number of hydrogen-bond acceptors (Lipinski definition) is 3. The van der Waals surface area contributed by atoms with Crippen molar-refractivity contribution >= 4 is 11.9 Å². The summed E-state index contributed by atoms with van der Waals surface area (Å²) in [6.07, 6.45) is 0. The third-order valence-corrected chi connectivity index (χ3v) is 0.183. The second kappa shape index (κ2) is 10.9. The van der Waals surface area contributed by atoms with Crippen LogP contribution in [0, 0.1) is 0 Å². The van der Waals surface area contributed by atoms with Crippen LogP contribution in [0.4, 0.5) is 0 Å². The first-order valence-corrected chi connectivity index (χ1v) is 1.95. The first-order chi connectivity index (χ1) is 3.64. The van der Waals surface area contributed by atoms with Crippen LogP contribution >= 0.6 is 0 Å². The van der Waals surface area contributed by atoms with Gasteiger partial charge in [-0.2, -0.15) is 0 Å². The molecule has 46 valence electrons. The van der Waals surface area contributed by atoms with Crippen LogP contribution in [0.5, 0.6) is 0 Å². The van der Waals surface area contributed by atoms with Gasteiger partial charge in [0.2, 0.25) is 0 Å². The topological polar surface area (TPSA) is 91.7 Å². The Kier molecular flexibility index (Phi) is 19.5. The molecule has 0 saturated carbocycles. The Morgan fingerprint density at radius 1 is 1.11 bits per heavy atom. The molecule has 5 nitrogen and oxygen atoms in total. The normalized spacial score (nSPS) is 5.22. The maximum atomic E-state index is 9.10. The van der Waals surface area contributed by atoms with Crippen LogP contribution in [-0.4, -0.2) is 22.2 Å². The second-order valence-electron chi connectivity index (χ2n) is 0.610. The molecule has 0 fully saturated rings. The summed E-state index contributed by atoms with van der Waals surface area (Å²) in [5, 5.41) is 14.8. The van der Waals surface area contributed by atoms with Gasteiger partial charge in [0.25, 0.3) is 0 Å². The standard InChI is InChI=1S/C2H2O4.Li.O.Ti.H/c3-1(4)2(5)6;;;;/h(H,3,4)(H,5,6);;;;/q;+1;;;-1. The van der Waals surface area contributed by atoms with Crippen molar-refractivity contribution in [1.29, 1.82) is 0 Å². The molecule has 2 N–H and O–H groups in total. The van der Waals surface area contributed by atoms with E-state index in [1.165, 1.54) is 0 Å². The Hall–Kier alpha value is 0.0517. The summed E-state index contributed by atoms with van der Waals surface area (Å²) in [5.41, 5.74) is 0. The molecule has 0 rings (SSSR count). The van der Waals surface area contributed by atoms with E-state index in [9.17, 15) is 0 Å². The molecule has 0 bridgehead atoms. The van der Waals surface area contributed by atoms with Gasteiger partial charge < -0.3 is 11.6 Å². The van der Waals surface area contributed by atoms with Crippen LogP contribution in [0.3, 0.4) is 0 Å². The molecule has 0 atom stereocenters. The summed E-state index contributed by atoms with van der Waals surface area (Å²) in [4.78, 5) is 18.2. The molecule has 0 amide bonds. The van der Waals surface area contributed by atoms with Crippen molar-refractivity contribution in [3.05, 3.63) is 0 Å². The van der Waals surface area contributed by atoms with Crippen molar-refractivity contribution < 1.29 is 63.8 Å². The first kappa shape index (κ1) is 16.0. The molecule has 0 aromatic carbocycles. The van der Waals surface area contributed by atoms with Crippen molar-refractivity contribution in [2.45, 2.75) is 0 Å². The van der Waals surface area contributed by atoms with Gasteiger partial charge >= 0.3 is 54.5 Å². The van der Waals surface area contributed by atoms with Gasteiger partial charge in [0.15, 0.2) is 0 Å². The third-order valence-electron chi connectivity index (χ3n) is 0.183. The van der Waals surface area contributed by atoms with Gasteiger partial charge in [0, 0.05) is 0 Å². The van der Waals surface area contributed by atoms with Gasteiger partial charge in [0.05, 0.1) is 0 Å². The molecular formula is C2H3LiO5Ti. The number of carboxylic acids is 2. The molecule has 0 radical (unpaired) electrons. The molecule has 0 saturated heterocycles. The zero-order chi connectivity index (χ0) is 7.15. The van der Waals surface area contributed by atoms with Crippen molar-refractivity contribution in [3.63, 3.8) is 0 Å². The van der Waals surface area contributed by atoms with E-state index >= 15 is 0 Å². The molecule has 0 unspecified atom stereocenters. The van der Waals surface area contributed by atoms with Crippen LogP contribution < -0.4 is 18.9 Å². The maximum absolute atomic E-state index is 9.10. The number of carboxylic acid groups (broad SMARTS) is 2. The van der Waals surface area contributed by atoms with Crippen molar-refractivity contribution in [2.75, 3.05) is 0 Å². The van der Waals surface area contributed by atoms with Gasteiger partial charge in [-0.25, -0.2) is 9.59 Å². The molecule has 9 heavy (non-hydrogen) atoms. The molecule has 0 spiro atoms. The minimum absolute atomic E-state index is 0. The Morgan fingerprint density at radius 3 is 1.22 bits per heavy atom. The summed E-state index contributed by atoms with van der Waals surface area (Å²) in [6, 6.07) is 0. The van der Waals surface area contributed by atoms with E-state index in [2.05, 4.69) is 0 Å². The van der Waals surface area contributed by atoms with Crippen molar-refractivity contribution in [1.82, 2.24) is 0 Å². The van der Waals surface area contributed by atoms with Crippen molar-refractivity contribution in [2.24, 2.45) is 0 Å². The minimum atomic E-state index is -1.82. The second-order valence-corrected chi connectivity index (χ2v) is 0.610. The average molecular weight is 162 g/mol. The molecule has 0 aromatic rings. The van der Waals surface area contributed by atoms with Crippen LogP contribution in [0.15, 0.2) is 0 Å². The van der Waals surface area contributed by atoms with Gasteiger partial charge in [-0.1, -0.05) is 0 Å². The number of hydrogen-bond donors (Lipinski definition) is 2. The van der Waals surface area contributed by atoms with Gasteiger partial charge in [-0.05, 0) is 0 Å². The average Bonchev–Trinajstić information content (AvgIpc) is 1.72. The predicted molar refractivity (Wildman–Crippen MR) is 17.1 cm³/mol. The van der Waals surface area contributed by atoms with Crippen LogP contribution in [0.1, 0.15) is 1.43 Å². The zero-order valence-corrected chi connectivity index (χ0v) is 6.18.